The highest BCUT2D eigenvalue weighted by molar-refractivity contribution is 5.70. The average molecular weight is 280 g/mol. The zero-order valence-corrected chi connectivity index (χ0v) is 12.5. The lowest BCUT2D eigenvalue weighted by Crippen LogP contribution is -2.15. The minimum atomic E-state index is -0.753. The van der Waals surface area contributed by atoms with Crippen LogP contribution in [0.2, 0.25) is 0 Å². The number of hydrogen-bond acceptors (Lipinski definition) is 3. The lowest BCUT2D eigenvalue weighted by atomic mass is 9.97. The van der Waals surface area contributed by atoms with E-state index in [1.54, 1.807) is 0 Å². The van der Waals surface area contributed by atoms with Crippen molar-refractivity contribution in [2.75, 3.05) is 13.2 Å². The SMILES string of the molecule is CCCOc1ccc(CC(CC)C(=O)O)cc1OCC. The molecule has 1 rings (SSSR count). The summed E-state index contributed by atoms with van der Waals surface area (Å²) < 4.78 is 11.2. The van der Waals surface area contributed by atoms with E-state index in [4.69, 9.17) is 14.6 Å². The molecule has 0 saturated heterocycles. The number of carbonyl (C=O) groups is 1. The first-order chi connectivity index (χ1) is 9.62. The van der Waals surface area contributed by atoms with E-state index >= 15 is 0 Å². The van der Waals surface area contributed by atoms with Gasteiger partial charge in [0, 0.05) is 0 Å². The highest BCUT2D eigenvalue weighted by Gasteiger charge is 2.16. The predicted octanol–water partition coefficient (Wildman–Crippen LogP) is 3.53. The molecule has 0 fully saturated rings. The van der Waals surface area contributed by atoms with E-state index in [1.807, 2.05) is 39.0 Å². The van der Waals surface area contributed by atoms with Gasteiger partial charge in [0.05, 0.1) is 19.1 Å². The molecule has 0 aliphatic rings. The first kappa shape index (κ1) is 16.3. The highest BCUT2D eigenvalue weighted by atomic mass is 16.5. The van der Waals surface area contributed by atoms with Crippen molar-refractivity contribution < 1.29 is 19.4 Å². The van der Waals surface area contributed by atoms with E-state index in [2.05, 4.69) is 0 Å². The zero-order valence-electron chi connectivity index (χ0n) is 12.5. The summed E-state index contributed by atoms with van der Waals surface area (Å²) in [4.78, 5) is 11.1. The molecule has 0 spiro atoms. The smallest absolute Gasteiger partial charge is 0.306 e. The second-order valence-electron chi connectivity index (χ2n) is 4.71. The molecule has 1 unspecified atom stereocenters. The average Bonchev–Trinajstić information content (AvgIpc) is 2.43. The molecule has 20 heavy (non-hydrogen) atoms. The van der Waals surface area contributed by atoms with Crippen LogP contribution in [0.25, 0.3) is 0 Å². The summed E-state index contributed by atoms with van der Waals surface area (Å²) in [6, 6.07) is 5.67. The summed E-state index contributed by atoms with van der Waals surface area (Å²) in [6.45, 7) is 7.06. The van der Waals surface area contributed by atoms with Crippen molar-refractivity contribution in [1.29, 1.82) is 0 Å². The van der Waals surface area contributed by atoms with E-state index in [1.165, 1.54) is 0 Å². The molecule has 0 amide bonds. The summed E-state index contributed by atoms with van der Waals surface area (Å²) in [6.07, 6.45) is 2.07. The highest BCUT2D eigenvalue weighted by Crippen LogP contribution is 2.30. The van der Waals surface area contributed by atoms with Crippen LogP contribution in [0.1, 0.15) is 39.2 Å². The fourth-order valence-electron chi connectivity index (χ4n) is 1.97. The molecule has 1 aromatic carbocycles. The molecule has 0 bridgehead atoms. The molecule has 1 aromatic rings. The first-order valence-electron chi connectivity index (χ1n) is 7.23. The Morgan fingerprint density at radius 3 is 2.50 bits per heavy atom. The molecule has 0 radical (unpaired) electrons. The van der Waals surface area contributed by atoms with Crippen LogP contribution in [0.4, 0.5) is 0 Å². The minimum Gasteiger partial charge on any atom is -0.490 e. The van der Waals surface area contributed by atoms with E-state index in [9.17, 15) is 4.79 Å². The molecule has 1 atom stereocenters. The molecule has 4 heteroatoms. The summed E-state index contributed by atoms with van der Waals surface area (Å²) in [5, 5.41) is 9.12. The van der Waals surface area contributed by atoms with E-state index in [-0.39, 0.29) is 5.92 Å². The monoisotopic (exact) mass is 280 g/mol. The van der Waals surface area contributed by atoms with Crippen molar-refractivity contribution >= 4 is 5.97 Å². The number of aliphatic carboxylic acids is 1. The fourth-order valence-corrected chi connectivity index (χ4v) is 1.97. The van der Waals surface area contributed by atoms with Crippen molar-refractivity contribution in [3.05, 3.63) is 23.8 Å². The Bertz CT molecular complexity index is 428. The van der Waals surface area contributed by atoms with E-state index in [0.29, 0.717) is 31.8 Å². The Morgan fingerprint density at radius 1 is 1.20 bits per heavy atom. The molecular formula is C16H24O4. The number of hydrogen-bond donors (Lipinski definition) is 1. The molecule has 0 heterocycles. The van der Waals surface area contributed by atoms with Crippen molar-refractivity contribution in [1.82, 2.24) is 0 Å². The van der Waals surface area contributed by atoms with Gasteiger partial charge in [-0.05, 0) is 43.9 Å². The first-order valence-corrected chi connectivity index (χ1v) is 7.23. The lowest BCUT2D eigenvalue weighted by molar-refractivity contribution is -0.141. The minimum absolute atomic E-state index is 0.355. The number of rotatable bonds is 9. The molecule has 1 N–H and O–H groups in total. The standard InChI is InChI=1S/C16H24O4/c1-4-9-20-14-8-7-12(11-15(14)19-6-3)10-13(5-2)16(17)18/h7-8,11,13H,4-6,9-10H2,1-3H3,(H,17,18). The van der Waals surface area contributed by atoms with Crippen LogP contribution in [0.3, 0.4) is 0 Å². The number of carboxylic acid groups (broad SMARTS) is 1. The van der Waals surface area contributed by atoms with Gasteiger partial charge in [-0.25, -0.2) is 0 Å². The Kier molecular flexibility index (Phi) is 6.91. The van der Waals surface area contributed by atoms with Crippen LogP contribution in [0.15, 0.2) is 18.2 Å². The molecule has 0 aliphatic heterocycles. The second kappa shape index (κ2) is 8.46. The molecule has 112 valence electrons. The number of ether oxygens (including phenoxy) is 2. The largest absolute Gasteiger partial charge is 0.490 e. The van der Waals surface area contributed by atoms with Gasteiger partial charge in [-0.1, -0.05) is 19.9 Å². The maximum atomic E-state index is 11.1. The fraction of sp³-hybridized carbons (Fsp3) is 0.562. The lowest BCUT2D eigenvalue weighted by Gasteiger charge is -2.14. The van der Waals surface area contributed by atoms with Crippen LogP contribution >= 0.6 is 0 Å². The Hall–Kier alpha value is -1.71. The molecule has 0 saturated carbocycles. The van der Waals surface area contributed by atoms with Gasteiger partial charge in [-0.2, -0.15) is 0 Å². The third kappa shape index (κ3) is 4.76. The summed E-state index contributed by atoms with van der Waals surface area (Å²) in [7, 11) is 0. The van der Waals surface area contributed by atoms with Crippen LogP contribution in [0, 0.1) is 5.92 Å². The van der Waals surface area contributed by atoms with Gasteiger partial charge in [0.2, 0.25) is 0 Å². The maximum Gasteiger partial charge on any atom is 0.306 e. The van der Waals surface area contributed by atoms with E-state index in [0.717, 1.165) is 17.7 Å². The van der Waals surface area contributed by atoms with Gasteiger partial charge < -0.3 is 14.6 Å². The zero-order chi connectivity index (χ0) is 15.0. The number of benzene rings is 1. The van der Waals surface area contributed by atoms with Crippen molar-refractivity contribution in [2.45, 2.75) is 40.0 Å². The van der Waals surface area contributed by atoms with E-state index < -0.39 is 5.97 Å². The van der Waals surface area contributed by atoms with Crippen LogP contribution in [-0.2, 0) is 11.2 Å². The number of carboxylic acids is 1. The molecule has 4 nitrogen and oxygen atoms in total. The Labute approximate surface area is 120 Å². The van der Waals surface area contributed by atoms with Crippen molar-refractivity contribution in [3.63, 3.8) is 0 Å². The predicted molar refractivity (Wildman–Crippen MR) is 78.5 cm³/mol. The van der Waals surface area contributed by atoms with Crippen molar-refractivity contribution in [2.24, 2.45) is 5.92 Å². The quantitative estimate of drug-likeness (QED) is 0.752. The normalized spacial score (nSPS) is 11.9. The topological polar surface area (TPSA) is 55.8 Å². The third-order valence-corrected chi connectivity index (χ3v) is 3.09. The molecule has 0 aliphatic carbocycles. The van der Waals surface area contributed by atoms with Gasteiger partial charge in [-0.15, -0.1) is 0 Å². The van der Waals surface area contributed by atoms with Gasteiger partial charge >= 0.3 is 5.97 Å². The van der Waals surface area contributed by atoms with Gasteiger partial charge in [0.25, 0.3) is 0 Å². The Balaban J connectivity index is 2.88. The van der Waals surface area contributed by atoms with Gasteiger partial charge in [0.1, 0.15) is 0 Å². The van der Waals surface area contributed by atoms with Crippen LogP contribution in [0.5, 0.6) is 11.5 Å². The maximum absolute atomic E-state index is 11.1. The third-order valence-electron chi connectivity index (χ3n) is 3.09. The Morgan fingerprint density at radius 2 is 1.95 bits per heavy atom. The van der Waals surface area contributed by atoms with Gasteiger partial charge in [0.15, 0.2) is 11.5 Å². The summed E-state index contributed by atoms with van der Waals surface area (Å²) in [5.74, 6) is 0.308. The molecule has 0 aromatic heterocycles. The van der Waals surface area contributed by atoms with Crippen LogP contribution < -0.4 is 9.47 Å². The van der Waals surface area contributed by atoms with Crippen LogP contribution in [-0.4, -0.2) is 24.3 Å². The summed E-state index contributed by atoms with van der Waals surface area (Å²) >= 11 is 0. The van der Waals surface area contributed by atoms with Crippen molar-refractivity contribution in [3.8, 4) is 11.5 Å². The second-order valence-corrected chi connectivity index (χ2v) is 4.71. The van der Waals surface area contributed by atoms with Gasteiger partial charge in [-0.3, -0.25) is 4.79 Å². The molecular weight excluding hydrogens is 256 g/mol. The summed E-state index contributed by atoms with van der Waals surface area (Å²) in [5.41, 5.74) is 0.964.